The Hall–Kier alpha value is -1.07. The van der Waals surface area contributed by atoms with Crippen LogP contribution in [-0.2, 0) is 0 Å². The molecule has 0 heterocycles. The van der Waals surface area contributed by atoms with Crippen LogP contribution in [0.2, 0.25) is 0 Å². The molecule has 0 bridgehead atoms. The Morgan fingerprint density at radius 3 is 2.53 bits per heavy atom. The van der Waals surface area contributed by atoms with E-state index < -0.39 is 5.54 Å². The van der Waals surface area contributed by atoms with Gasteiger partial charge in [-0.2, -0.15) is 0 Å². The smallest absolute Gasteiger partial charge is 0.319 e. The lowest BCUT2D eigenvalue weighted by molar-refractivity contribution is 0.155. The second-order valence-corrected chi connectivity index (χ2v) is 5.60. The normalized spacial score (nSPS) is 11.2. The summed E-state index contributed by atoms with van der Waals surface area (Å²) in [6, 6.07) is 5.42. The van der Waals surface area contributed by atoms with E-state index in [1.165, 1.54) is 0 Å². The van der Waals surface area contributed by atoms with Crippen LogP contribution in [0.3, 0.4) is 0 Å². The molecule has 1 aromatic carbocycles. The second kappa shape index (κ2) is 6.91. The standard InChI is InChI=1S/C14H21BrN2O2/c1-4-14(5-2,9-18)17-13(19)16-12-8-11(15)7-6-10(12)3/h6-8,18H,4-5,9H2,1-3H3,(H2,16,17,19). The number of rotatable bonds is 5. The number of halogens is 1. The number of amides is 2. The number of benzene rings is 1. The van der Waals surface area contributed by atoms with Crippen LogP contribution in [-0.4, -0.2) is 23.3 Å². The minimum absolute atomic E-state index is 0.0646. The molecule has 0 aromatic heterocycles. The molecule has 0 aliphatic carbocycles. The van der Waals surface area contributed by atoms with Gasteiger partial charge < -0.3 is 15.7 Å². The van der Waals surface area contributed by atoms with Crippen molar-refractivity contribution in [1.29, 1.82) is 0 Å². The van der Waals surface area contributed by atoms with Gasteiger partial charge in [-0.15, -0.1) is 0 Å². The third-order valence-electron chi connectivity index (χ3n) is 3.48. The van der Waals surface area contributed by atoms with Gasteiger partial charge in [0, 0.05) is 10.2 Å². The van der Waals surface area contributed by atoms with Crippen molar-refractivity contribution in [2.24, 2.45) is 0 Å². The van der Waals surface area contributed by atoms with E-state index in [-0.39, 0.29) is 12.6 Å². The Bertz CT molecular complexity index is 437. The fourth-order valence-electron chi connectivity index (χ4n) is 1.81. The van der Waals surface area contributed by atoms with Crippen molar-refractivity contribution in [3.05, 3.63) is 28.2 Å². The summed E-state index contributed by atoms with van der Waals surface area (Å²) >= 11 is 3.38. The number of carbonyl (C=O) groups excluding carboxylic acids is 1. The highest BCUT2D eigenvalue weighted by atomic mass is 79.9. The number of hydrogen-bond acceptors (Lipinski definition) is 2. The first-order chi connectivity index (χ1) is 8.96. The van der Waals surface area contributed by atoms with E-state index in [1.807, 2.05) is 39.0 Å². The number of anilines is 1. The number of aliphatic hydroxyl groups is 1. The van der Waals surface area contributed by atoms with E-state index in [0.29, 0.717) is 12.8 Å². The molecular weight excluding hydrogens is 308 g/mol. The maximum Gasteiger partial charge on any atom is 0.319 e. The molecule has 0 saturated carbocycles. The van der Waals surface area contributed by atoms with Gasteiger partial charge in [0.05, 0.1) is 12.1 Å². The molecule has 0 spiro atoms. The van der Waals surface area contributed by atoms with Crippen molar-refractivity contribution in [2.45, 2.75) is 39.2 Å². The average Bonchev–Trinajstić information content (AvgIpc) is 2.40. The molecule has 0 fully saturated rings. The largest absolute Gasteiger partial charge is 0.394 e. The lowest BCUT2D eigenvalue weighted by Crippen LogP contribution is -2.52. The summed E-state index contributed by atoms with van der Waals surface area (Å²) in [4.78, 5) is 12.0. The molecule has 3 N–H and O–H groups in total. The highest BCUT2D eigenvalue weighted by Gasteiger charge is 2.27. The maximum absolute atomic E-state index is 12.0. The topological polar surface area (TPSA) is 61.4 Å². The first-order valence-corrected chi connectivity index (χ1v) is 7.22. The number of urea groups is 1. The van der Waals surface area contributed by atoms with E-state index in [4.69, 9.17) is 0 Å². The monoisotopic (exact) mass is 328 g/mol. The van der Waals surface area contributed by atoms with Crippen LogP contribution >= 0.6 is 15.9 Å². The van der Waals surface area contributed by atoms with Crippen LogP contribution in [0.15, 0.2) is 22.7 Å². The molecule has 2 amide bonds. The zero-order valence-electron chi connectivity index (χ0n) is 11.6. The summed E-state index contributed by atoms with van der Waals surface area (Å²) in [6.45, 7) is 5.76. The van der Waals surface area contributed by atoms with Crippen LogP contribution < -0.4 is 10.6 Å². The van der Waals surface area contributed by atoms with Crippen LogP contribution in [0, 0.1) is 6.92 Å². The summed E-state index contributed by atoms with van der Waals surface area (Å²) in [5.41, 5.74) is 1.19. The lowest BCUT2D eigenvalue weighted by Gasteiger charge is -2.30. The summed E-state index contributed by atoms with van der Waals surface area (Å²) in [7, 11) is 0. The van der Waals surface area contributed by atoms with E-state index in [0.717, 1.165) is 15.7 Å². The molecule has 19 heavy (non-hydrogen) atoms. The molecule has 1 rings (SSSR count). The van der Waals surface area contributed by atoms with Gasteiger partial charge >= 0.3 is 6.03 Å². The van der Waals surface area contributed by atoms with Gasteiger partial charge in [-0.1, -0.05) is 35.8 Å². The molecule has 0 atom stereocenters. The molecule has 0 radical (unpaired) electrons. The Morgan fingerprint density at radius 1 is 1.37 bits per heavy atom. The zero-order chi connectivity index (χ0) is 14.5. The molecule has 4 nitrogen and oxygen atoms in total. The summed E-state index contributed by atoms with van der Waals surface area (Å²) < 4.78 is 0.910. The number of aryl methyl sites for hydroxylation is 1. The summed E-state index contributed by atoms with van der Waals surface area (Å²) in [6.07, 6.45) is 1.37. The molecule has 1 aromatic rings. The summed E-state index contributed by atoms with van der Waals surface area (Å²) in [5, 5.41) is 15.1. The molecule has 0 unspecified atom stereocenters. The fourth-order valence-corrected chi connectivity index (χ4v) is 2.17. The maximum atomic E-state index is 12.0. The zero-order valence-corrected chi connectivity index (χ0v) is 13.2. The third-order valence-corrected chi connectivity index (χ3v) is 3.98. The number of aliphatic hydroxyl groups excluding tert-OH is 1. The van der Waals surface area contributed by atoms with Crippen molar-refractivity contribution in [3.63, 3.8) is 0 Å². The lowest BCUT2D eigenvalue weighted by atomic mass is 9.94. The number of hydrogen-bond donors (Lipinski definition) is 3. The van der Waals surface area contributed by atoms with Gasteiger partial charge in [-0.25, -0.2) is 4.79 Å². The van der Waals surface area contributed by atoms with Crippen molar-refractivity contribution >= 4 is 27.6 Å². The Morgan fingerprint density at radius 2 is 2.00 bits per heavy atom. The highest BCUT2D eigenvalue weighted by Crippen LogP contribution is 2.21. The minimum Gasteiger partial charge on any atom is -0.394 e. The van der Waals surface area contributed by atoms with Gasteiger partial charge in [0.25, 0.3) is 0 Å². The Labute approximate surface area is 122 Å². The van der Waals surface area contributed by atoms with Gasteiger partial charge in [-0.05, 0) is 37.5 Å². The van der Waals surface area contributed by atoms with Gasteiger partial charge in [0.15, 0.2) is 0 Å². The quantitative estimate of drug-likeness (QED) is 0.775. The molecule has 5 heteroatoms. The van der Waals surface area contributed by atoms with Crippen molar-refractivity contribution < 1.29 is 9.90 Å². The van der Waals surface area contributed by atoms with Crippen LogP contribution in [0.25, 0.3) is 0 Å². The molecule has 0 saturated heterocycles. The first-order valence-electron chi connectivity index (χ1n) is 6.42. The Balaban J connectivity index is 2.77. The predicted molar refractivity (Wildman–Crippen MR) is 81.4 cm³/mol. The first kappa shape index (κ1) is 16.0. The molecule has 106 valence electrons. The van der Waals surface area contributed by atoms with Gasteiger partial charge in [0.2, 0.25) is 0 Å². The van der Waals surface area contributed by atoms with Crippen LogP contribution in [0.5, 0.6) is 0 Å². The number of nitrogens with one attached hydrogen (secondary N) is 2. The number of carbonyl (C=O) groups is 1. The van der Waals surface area contributed by atoms with E-state index >= 15 is 0 Å². The van der Waals surface area contributed by atoms with E-state index in [1.54, 1.807) is 0 Å². The molecular formula is C14H21BrN2O2. The fraction of sp³-hybridized carbons (Fsp3) is 0.500. The predicted octanol–water partition coefficient (Wildman–Crippen LogP) is 3.43. The van der Waals surface area contributed by atoms with E-state index in [9.17, 15) is 9.90 Å². The minimum atomic E-state index is -0.552. The highest BCUT2D eigenvalue weighted by molar-refractivity contribution is 9.10. The van der Waals surface area contributed by atoms with Gasteiger partial charge in [0.1, 0.15) is 0 Å². The molecule has 0 aliphatic rings. The van der Waals surface area contributed by atoms with Crippen LogP contribution in [0.1, 0.15) is 32.3 Å². The van der Waals surface area contributed by atoms with E-state index in [2.05, 4.69) is 26.6 Å². The third kappa shape index (κ3) is 4.21. The Kier molecular flexibility index (Phi) is 5.82. The van der Waals surface area contributed by atoms with Crippen molar-refractivity contribution in [2.75, 3.05) is 11.9 Å². The van der Waals surface area contributed by atoms with Crippen molar-refractivity contribution in [1.82, 2.24) is 5.32 Å². The molecule has 0 aliphatic heterocycles. The average molecular weight is 329 g/mol. The summed E-state index contributed by atoms with van der Waals surface area (Å²) in [5.74, 6) is 0. The van der Waals surface area contributed by atoms with Crippen molar-refractivity contribution in [3.8, 4) is 0 Å². The SMILES string of the molecule is CCC(CC)(CO)NC(=O)Nc1cc(Br)ccc1C. The van der Waals surface area contributed by atoms with Gasteiger partial charge in [-0.3, -0.25) is 0 Å². The van der Waals surface area contributed by atoms with Crippen LogP contribution in [0.4, 0.5) is 10.5 Å². The second-order valence-electron chi connectivity index (χ2n) is 4.68.